The fraction of sp³-hybridized carbons (Fsp3) is 0.286. The molecule has 3 aromatic heterocycles. The van der Waals surface area contributed by atoms with E-state index in [0.29, 0.717) is 28.3 Å². The van der Waals surface area contributed by atoms with E-state index in [0.717, 1.165) is 64.7 Å². The van der Waals surface area contributed by atoms with E-state index in [1.165, 1.54) is 5.56 Å². The molecule has 0 aliphatic carbocycles. The SMILES string of the molecule is [2H]C([2H])(C)[n+]1[c-]n(-c2[c-]ccc(C3CCOCC3)c2)c2ccccc21.[2H]C([2H])([2H])c1cc(-c2[c-]ccc3c2oc2ccccc23)ncc1C(C)(C)C.[Ir+3]. The van der Waals surface area contributed by atoms with Crippen LogP contribution >= 0.6 is 0 Å². The Labute approximate surface area is 304 Å². The molecular formula is C42H41IrN3O2+. The van der Waals surface area contributed by atoms with Gasteiger partial charge in [-0.15, -0.1) is 18.2 Å². The van der Waals surface area contributed by atoms with E-state index >= 15 is 0 Å². The zero-order valence-corrected chi connectivity index (χ0v) is 30.0. The maximum Gasteiger partial charge on any atom is 3.00 e. The van der Waals surface area contributed by atoms with E-state index < -0.39 is 13.3 Å². The van der Waals surface area contributed by atoms with Gasteiger partial charge in [0.05, 0.1) is 25.9 Å². The van der Waals surface area contributed by atoms with Gasteiger partial charge in [-0.1, -0.05) is 91.5 Å². The Morgan fingerprint density at radius 3 is 2.54 bits per heavy atom. The summed E-state index contributed by atoms with van der Waals surface area (Å²) in [5.41, 5.74) is 7.34. The average molecular weight is 817 g/mol. The van der Waals surface area contributed by atoms with Gasteiger partial charge in [-0.25, -0.2) is 0 Å². The Kier molecular flexibility index (Phi) is 8.22. The molecule has 0 atom stereocenters. The summed E-state index contributed by atoms with van der Waals surface area (Å²) in [6.45, 7) is 5.40. The van der Waals surface area contributed by atoms with Crippen molar-refractivity contribution in [2.75, 3.05) is 13.2 Å². The van der Waals surface area contributed by atoms with E-state index in [1.54, 1.807) is 23.8 Å². The maximum atomic E-state index is 8.09. The number of hydrogen-bond donors (Lipinski definition) is 0. The molecular weight excluding hydrogens is 771 g/mol. The van der Waals surface area contributed by atoms with Crippen molar-refractivity contribution >= 4 is 33.0 Å². The summed E-state index contributed by atoms with van der Waals surface area (Å²) in [5.74, 6) is 0.508. The zero-order valence-electron chi connectivity index (χ0n) is 32.6. The molecule has 5 nitrogen and oxygen atoms in total. The van der Waals surface area contributed by atoms with Crippen LogP contribution < -0.4 is 4.57 Å². The second-order valence-corrected chi connectivity index (χ2v) is 12.9. The molecule has 48 heavy (non-hydrogen) atoms. The number of pyridine rings is 1. The van der Waals surface area contributed by atoms with Crippen LogP contribution in [0, 0.1) is 25.3 Å². The van der Waals surface area contributed by atoms with E-state index in [2.05, 4.69) is 35.6 Å². The third-order valence-corrected chi connectivity index (χ3v) is 8.84. The van der Waals surface area contributed by atoms with Gasteiger partial charge in [-0.2, -0.15) is 29.8 Å². The first-order chi connectivity index (χ1) is 24.7. The van der Waals surface area contributed by atoms with Crippen LogP contribution in [0.3, 0.4) is 0 Å². The van der Waals surface area contributed by atoms with Crippen molar-refractivity contribution in [3.05, 3.63) is 126 Å². The summed E-state index contributed by atoms with van der Waals surface area (Å²) in [7, 11) is 0. The molecule has 1 saturated heterocycles. The number of fused-ring (bicyclic) bond motifs is 4. The number of rotatable bonds is 4. The monoisotopic (exact) mass is 817 g/mol. The Balaban J connectivity index is 0.000000178. The maximum absolute atomic E-state index is 8.09. The zero-order chi connectivity index (χ0) is 36.8. The van der Waals surface area contributed by atoms with Gasteiger partial charge < -0.3 is 23.3 Å². The molecule has 244 valence electrons. The number of nitrogens with zero attached hydrogens (tertiary/aromatic N) is 3. The molecule has 0 bridgehead atoms. The summed E-state index contributed by atoms with van der Waals surface area (Å²) < 4.78 is 55.1. The first-order valence-electron chi connectivity index (χ1n) is 18.6. The largest absolute Gasteiger partial charge is 3.00 e. The molecule has 0 radical (unpaired) electrons. The molecule has 0 N–H and O–H groups in total. The fourth-order valence-electron chi connectivity index (χ4n) is 6.36. The van der Waals surface area contributed by atoms with Crippen LogP contribution in [0.1, 0.15) is 70.0 Å². The quantitative estimate of drug-likeness (QED) is 0.131. The van der Waals surface area contributed by atoms with Crippen LogP contribution in [0.2, 0.25) is 0 Å². The topological polar surface area (TPSA) is 44.1 Å². The molecule has 0 saturated carbocycles. The van der Waals surface area contributed by atoms with Crippen LogP contribution in [0.4, 0.5) is 0 Å². The normalized spacial score (nSPS) is 15.9. The van der Waals surface area contributed by atoms with Gasteiger partial charge in [-0.05, 0) is 55.3 Å². The van der Waals surface area contributed by atoms with Crippen LogP contribution in [0.25, 0.3) is 49.9 Å². The van der Waals surface area contributed by atoms with Crippen LogP contribution in [0.15, 0.2) is 95.5 Å². The minimum atomic E-state index is -2.22. The van der Waals surface area contributed by atoms with Gasteiger partial charge in [0.15, 0.2) is 0 Å². The molecule has 4 aromatic carbocycles. The summed E-state index contributed by atoms with van der Waals surface area (Å²) in [5, 5.41) is 1.99. The van der Waals surface area contributed by atoms with Gasteiger partial charge >= 0.3 is 20.1 Å². The smallest absolute Gasteiger partial charge is 0.501 e. The van der Waals surface area contributed by atoms with E-state index in [9.17, 15) is 0 Å². The second-order valence-electron chi connectivity index (χ2n) is 12.9. The molecule has 0 unspecified atom stereocenters. The Bertz CT molecular complexity index is 2380. The van der Waals surface area contributed by atoms with Crippen molar-refractivity contribution in [1.29, 1.82) is 0 Å². The molecule has 8 rings (SSSR count). The van der Waals surface area contributed by atoms with Gasteiger partial charge in [0.1, 0.15) is 5.58 Å². The Morgan fingerprint density at radius 1 is 0.979 bits per heavy atom. The van der Waals surface area contributed by atoms with Gasteiger partial charge in [0, 0.05) is 28.9 Å². The summed E-state index contributed by atoms with van der Waals surface area (Å²) >= 11 is 0. The van der Waals surface area contributed by atoms with Crippen molar-refractivity contribution in [3.63, 3.8) is 0 Å². The third kappa shape index (κ3) is 6.62. The van der Waals surface area contributed by atoms with Crippen molar-refractivity contribution in [2.45, 2.75) is 65.2 Å². The predicted molar refractivity (Wildman–Crippen MR) is 189 cm³/mol. The third-order valence-electron chi connectivity index (χ3n) is 8.84. The molecule has 1 aliphatic rings. The van der Waals surface area contributed by atoms with E-state index in [-0.39, 0.29) is 25.5 Å². The van der Waals surface area contributed by atoms with Crippen molar-refractivity contribution in [2.24, 2.45) is 0 Å². The first-order valence-corrected chi connectivity index (χ1v) is 16.1. The number of imidazole rings is 1. The summed E-state index contributed by atoms with van der Waals surface area (Å²) in [6, 6.07) is 33.8. The minimum absolute atomic E-state index is 0. The number of para-hydroxylation sites is 3. The molecule has 0 spiro atoms. The van der Waals surface area contributed by atoms with Crippen molar-refractivity contribution < 1.29 is 40.7 Å². The van der Waals surface area contributed by atoms with E-state index in [1.807, 2.05) is 92.1 Å². The van der Waals surface area contributed by atoms with E-state index in [4.69, 9.17) is 16.0 Å². The standard InChI is InChI=1S/C22H20NO.C20H21N2O.Ir/c1-14-12-19(23-13-18(14)22(2,3)4)17-10-7-9-16-15-8-5-6-11-20(15)24-21(16)17;1-2-21-15-22(20-9-4-3-8-19(20)21)18-7-5-6-17(14-18)16-10-12-23-13-11-16;/h5-9,11-13H,1-4H3;3-6,8-9,14,16H,2,10-13H2,1H3;/q2*-1;+3/i1D3;2D2;. The first kappa shape index (κ1) is 27.8. The molecule has 6 heteroatoms. The van der Waals surface area contributed by atoms with Crippen molar-refractivity contribution in [1.82, 2.24) is 9.55 Å². The molecule has 4 heterocycles. The number of benzene rings is 4. The number of aryl methyl sites for hydroxylation is 2. The molecule has 0 amide bonds. The van der Waals surface area contributed by atoms with Crippen molar-refractivity contribution in [3.8, 4) is 16.9 Å². The molecule has 1 aliphatic heterocycles. The van der Waals surface area contributed by atoms with Gasteiger partial charge in [0.25, 0.3) is 0 Å². The summed E-state index contributed by atoms with van der Waals surface area (Å²) in [6.07, 6.45) is 6.93. The van der Waals surface area contributed by atoms with Crippen LogP contribution in [0.5, 0.6) is 0 Å². The summed E-state index contributed by atoms with van der Waals surface area (Å²) in [4.78, 5) is 4.57. The average Bonchev–Trinajstić information content (AvgIpc) is 3.71. The number of ether oxygens (including phenoxy) is 1. The fourth-order valence-corrected chi connectivity index (χ4v) is 6.36. The minimum Gasteiger partial charge on any atom is -0.501 e. The Hall–Kier alpha value is -4.09. The van der Waals surface area contributed by atoms with Crippen LogP contribution in [-0.2, 0) is 36.8 Å². The van der Waals surface area contributed by atoms with Gasteiger partial charge in [0.2, 0.25) is 6.33 Å². The number of aromatic nitrogens is 3. The van der Waals surface area contributed by atoms with Gasteiger partial charge in [-0.3, -0.25) is 0 Å². The van der Waals surface area contributed by atoms with Crippen LogP contribution in [-0.4, -0.2) is 22.8 Å². The Morgan fingerprint density at radius 2 is 1.75 bits per heavy atom. The number of hydrogen-bond acceptors (Lipinski definition) is 3. The predicted octanol–water partition coefficient (Wildman–Crippen LogP) is 9.48. The second kappa shape index (κ2) is 14.2. The molecule has 1 fully saturated rings. The number of furan rings is 1. The molecule has 7 aromatic rings.